The van der Waals surface area contributed by atoms with Crippen LogP contribution in [0.1, 0.15) is 13.8 Å². The van der Waals surface area contributed by atoms with E-state index in [1.807, 2.05) is 13.8 Å². The molecule has 0 aromatic rings. The van der Waals surface area contributed by atoms with Gasteiger partial charge in [-0.25, -0.2) is 0 Å². The topological polar surface area (TPSA) is 36.9 Å². The second kappa shape index (κ2) is 3.56. The van der Waals surface area contributed by atoms with Gasteiger partial charge in [-0.1, -0.05) is 0 Å². The molecule has 0 aromatic carbocycles. The van der Waals surface area contributed by atoms with Crippen LogP contribution in [0.3, 0.4) is 0 Å². The maximum atomic E-state index is 5.48. The summed E-state index contributed by atoms with van der Waals surface area (Å²) in [6.45, 7) is 7.83. The van der Waals surface area contributed by atoms with E-state index in [1.54, 1.807) is 6.66 Å². The van der Waals surface area contributed by atoms with Crippen LogP contribution < -0.4 is 0 Å². The quantitative estimate of drug-likeness (QED) is 0.644. The van der Waals surface area contributed by atoms with Gasteiger partial charge in [0, 0.05) is 0 Å². The van der Waals surface area contributed by atoms with Crippen LogP contribution in [-0.4, -0.2) is 33.1 Å². The minimum atomic E-state index is -3.10. The first kappa shape index (κ1) is 10.4. The summed E-state index contributed by atoms with van der Waals surface area (Å²) < 4.78 is 21.9. The first-order valence-corrected chi connectivity index (χ1v) is 6.60. The molecule has 5 heteroatoms. The Kier molecular flexibility index (Phi) is 3.07. The van der Waals surface area contributed by atoms with E-state index in [1.165, 1.54) is 0 Å². The summed E-state index contributed by atoms with van der Waals surface area (Å²) >= 11 is 0. The summed E-state index contributed by atoms with van der Waals surface area (Å²) in [4.78, 5) is 0. The van der Waals surface area contributed by atoms with E-state index in [4.69, 9.17) is 18.1 Å². The Bertz CT molecular complexity index is 145. The van der Waals surface area contributed by atoms with E-state index in [-0.39, 0.29) is 0 Å². The average molecular weight is 196 g/mol. The van der Waals surface area contributed by atoms with Gasteiger partial charge in [-0.2, -0.15) is 0 Å². The summed E-state index contributed by atoms with van der Waals surface area (Å²) in [5.74, 6) is 0. The molecule has 0 atom stereocenters. The van der Waals surface area contributed by atoms with Crippen LogP contribution in [0, 0.1) is 0 Å². The van der Waals surface area contributed by atoms with Crippen molar-refractivity contribution >= 4 is 7.51 Å². The van der Waals surface area contributed by atoms with Crippen LogP contribution in [-0.2, 0) is 18.1 Å². The van der Waals surface area contributed by atoms with Crippen molar-refractivity contribution in [3.8, 4) is 0 Å². The van der Waals surface area contributed by atoms with Crippen molar-refractivity contribution in [1.82, 2.24) is 0 Å². The van der Waals surface area contributed by atoms with Crippen molar-refractivity contribution in [1.29, 1.82) is 0 Å². The molecule has 74 valence electrons. The van der Waals surface area contributed by atoms with Gasteiger partial charge in [0.05, 0.1) is 0 Å². The van der Waals surface area contributed by atoms with Gasteiger partial charge < -0.3 is 0 Å². The molecule has 0 N–H and O–H groups in total. The van der Waals surface area contributed by atoms with Gasteiger partial charge in [0.1, 0.15) is 0 Å². The molecule has 0 saturated carbocycles. The molecule has 0 unspecified atom stereocenters. The first-order chi connectivity index (χ1) is 5.63. The fraction of sp³-hybridized carbons (Fsp3) is 1.00. The molecular weight excluding hydrogens is 179 g/mol. The maximum absolute atomic E-state index is 5.48. The van der Waals surface area contributed by atoms with Gasteiger partial charge in [0.15, 0.2) is 0 Å². The Hall–Kier alpha value is 0.270. The fourth-order valence-electron chi connectivity index (χ4n) is 1.28. The second-order valence-corrected chi connectivity index (χ2v) is 6.07. The molecule has 0 spiro atoms. The Morgan fingerprint density at radius 1 is 1.08 bits per heavy atom. The SMILES string of the molecule is CCOP1(C)(OCC)OCCO1. The molecule has 0 aliphatic carbocycles. The molecule has 1 fully saturated rings. The third-order valence-electron chi connectivity index (χ3n) is 1.67. The van der Waals surface area contributed by atoms with Gasteiger partial charge in [-0.05, 0) is 0 Å². The van der Waals surface area contributed by atoms with Gasteiger partial charge >= 0.3 is 72.5 Å². The molecule has 1 aliphatic heterocycles. The van der Waals surface area contributed by atoms with Crippen molar-refractivity contribution in [3.05, 3.63) is 0 Å². The normalized spacial score (nSPS) is 29.4. The van der Waals surface area contributed by atoms with E-state index in [0.29, 0.717) is 26.4 Å². The summed E-state index contributed by atoms with van der Waals surface area (Å²) in [6, 6.07) is 0. The van der Waals surface area contributed by atoms with Crippen molar-refractivity contribution in [2.24, 2.45) is 0 Å². The summed E-state index contributed by atoms with van der Waals surface area (Å²) in [7, 11) is -3.10. The van der Waals surface area contributed by atoms with Gasteiger partial charge in [-0.3, -0.25) is 0 Å². The predicted octanol–water partition coefficient (Wildman–Crippen LogP) is 1.95. The van der Waals surface area contributed by atoms with E-state index in [9.17, 15) is 0 Å². The van der Waals surface area contributed by atoms with Crippen LogP contribution in [0.25, 0.3) is 0 Å². The molecule has 12 heavy (non-hydrogen) atoms. The number of hydrogen-bond donors (Lipinski definition) is 0. The molecule has 0 bridgehead atoms. The zero-order valence-corrected chi connectivity index (χ0v) is 8.80. The Morgan fingerprint density at radius 2 is 1.50 bits per heavy atom. The van der Waals surface area contributed by atoms with Crippen LogP contribution >= 0.6 is 7.51 Å². The summed E-state index contributed by atoms with van der Waals surface area (Å²) in [6.07, 6.45) is 0. The predicted molar refractivity (Wildman–Crippen MR) is 48.0 cm³/mol. The molecule has 4 nitrogen and oxygen atoms in total. The van der Waals surface area contributed by atoms with Crippen LogP contribution in [0.15, 0.2) is 0 Å². The van der Waals surface area contributed by atoms with E-state index in [0.717, 1.165) is 0 Å². The average Bonchev–Trinajstić information content (AvgIpc) is 2.35. The van der Waals surface area contributed by atoms with E-state index >= 15 is 0 Å². The number of rotatable bonds is 4. The monoisotopic (exact) mass is 196 g/mol. The molecule has 1 rings (SSSR count). The molecule has 1 saturated heterocycles. The number of hydrogen-bond acceptors (Lipinski definition) is 4. The van der Waals surface area contributed by atoms with Crippen molar-refractivity contribution in [2.45, 2.75) is 13.8 Å². The summed E-state index contributed by atoms with van der Waals surface area (Å²) in [5.41, 5.74) is 0. The third-order valence-corrected chi connectivity index (χ3v) is 4.85. The van der Waals surface area contributed by atoms with Crippen LogP contribution in [0.4, 0.5) is 0 Å². The second-order valence-electron chi connectivity index (χ2n) is 2.68. The Balaban J connectivity index is 2.67. The zero-order chi connectivity index (χ0) is 9.10. The van der Waals surface area contributed by atoms with Gasteiger partial charge in [0.2, 0.25) is 0 Å². The zero-order valence-electron chi connectivity index (χ0n) is 7.91. The van der Waals surface area contributed by atoms with Crippen LogP contribution in [0.2, 0.25) is 0 Å². The van der Waals surface area contributed by atoms with E-state index in [2.05, 4.69) is 0 Å². The van der Waals surface area contributed by atoms with Crippen molar-refractivity contribution in [2.75, 3.05) is 33.1 Å². The third kappa shape index (κ3) is 1.95. The molecule has 1 aliphatic rings. The molecule has 0 amide bonds. The van der Waals surface area contributed by atoms with E-state index < -0.39 is 7.51 Å². The Morgan fingerprint density at radius 3 is 1.83 bits per heavy atom. The van der Waals surface area contributed by atoms with Gasteiger partial charge in [-0.15, -0.1) is 0 Å². The molecule has 1 heterocycles. The molecule has 0 aromatic heterocycles. The molecular formula is C7H17O4P. The Labute approximate surface area is 73.4 Å². The molecule has 0 radical (unpaired) electrons. The minimum absolute atomic E-state index is 0.550. The van der Waals surface area contributed by atoms with Gasteiger partial charge in [0.25, 0.3) is 0 Å². The first-order valence-electron chi connectivity index (χ1n) is 4.25. The van der Waals surface area contributed by atoms with Crippen molar-refractivity contribution < 1.29 is 18.1 Å². The van der Waals surface area contributed by atoms with Crippen LogP contribution in [0.5, 0.6) is 0 Å². The fourth-order valence-corrected chi connectivity index (χ4v) is 3.84. The standard InChI is InChI=1S/C7H17O4P/c1-4-8-12(3,9-5-2)10-6-7-11-12/h4-7H2,1-3H3. The summed E-state index contributed by atoms with van der Waals surface area (Å²) in [5, 5.41) is 0. The van der Waals surface area contributed by atoms with Crippen molar-refractivity contribution in [3.63, 3.8) is 0 Å².